The normalized spacial score (nSPS) is 14.0. The van der Waals surface area contributed by atoms with E-state index in [1.807, 2.05) is 42.5 Å². The third kappa shape index (κ3) is 3.26. The molecule has 0 saturated carbocycles. The Morgan fingerprint density at radius 3 is 2.96 bits per heavy atom. The van der Waals surface area contributed by atoms with E-state index in [1.54, 1.807) is 12.4 Å². The van der Waals surface area contributed by atoms with Gasteiger partial charge in [-0.15, -0.1) is 0 Å². The van der Waals surface area contributed by atoms with E-state index in [0.717, 1.165) is 16.7 Å². The first kappa shape index (κ1) is 15.8. The number of aliphatic imine (C=N–C) groups is 1. The maximum Gasteiger partial charge on any atom is 0.231 e. The molecule has 0 fully saturated rings. The SMILES string of the molecule is Oc1nc(NCc2ccccc2Cl)sc1C=C1C=Nc2ncccc21. The molecule has 7 heteroatoms. The van der Waals surface area contributed by atoms with Gasteiger partial charge in [-0.25, -0.2) is 9.98 Å². The van der Waals surface area contributed by atoms with Crippen LogP contribution in [-0.4, -0.2) is 21.3 Å². The zero-order valence-corrected chi connectivity index (χ0v) is 14.6. The third-order valence-electron chi connectivity index (χ3n) is 3.73. The number of nitrogens with one attached hydrogen (secondary N) is 1. The molecule has 1 aliphatic rings. The quantitative estimate of drug-likeness (QED) is 0.696. The van der Waals surface area contributed by atoms with Gasteiger partial charge in [0.25, 0.3) is 0 Å². The molecular formula is C18H13ClN4OS. The lowest BCUT2D eigenvalue weighted by atomic mass is 10.1. The van der Waals surface area contributed by atoms with Crippen LogP contribution in [0.25, 0.3) is 11.6 Å². The largest absolute Gasteiger partial charge is 0.492 e. The molecule has 0 saturated heterocycles. The summed E-state index contributed by atoms with van der Waals surface area (Å²) < 4.78 is 0. The molecule has 3 aromatic rings. The van der Waals surface area contributed by atoms with Gasteiger partial charge in [-0.2, -0.15) is 4.98 Å². The van der Waals surface area contributed by atoms with Gasteiger partial charge in [0.15, 0.2) is 10.9 Å². The molecule has 0 radical (unpaired) electrons. The summed E-state index contributed by atoms with van der Waals surface area (Å²) in [4.78, 5) is 13.3. The zero-order chi connectivity index (χ0) is 17.2. The van der Waals surface area contributed by atoms with Crippen molar-refractivity contribution in [2.24, 2.45) is 4.99 Å². The molecule has 25 heavy (non-hydrogen) atoms. The molecule has 4 rings (SSSR count). The Balaban J connectivity index is 1.55. The van der Waals surface area contributed by atoms with Gasteiger partial charge in [0, 0.05) is 35.1 Å². The number of anilines is 1. The molecule has 2 aromatic heterocycles. The highest BCUT2D eigenvalue weighted by molar-refractivity contribution is 7.16. The van der Waals surface area contributed by atoms with Crippen LogP contribution in [0.15, 0.2) is 47.6 Å². The topological polar surface area (TPSA) is 70.4 Å². The number of pyridine rings is 1. The number of thiazole rings is 1. The second-order valence-electron chi connectivity index (χ2n) is 5.38. The van der Waals surface area contributed by atoms with Crippen molar-refractivity contribution in [2.75, 3.05) is 5.32 Å². The lowest BCUT2D eigenvalue weighted by Gasteiger charge is -2.04. The van der Waals surface area contributed by atoms with Gasteiger partial charge < -0.3 is 10.4 Å². The first-order valence-corrected chi connectivity index (χ1v) is 8.78. The fourth-order valence-corrected chi connectivity index (χ4v) is 3.50. The molecule has 124 valence electrons. The van der Waals surface area contributed by atoms with Crippen LogP contribution in [-0.2, 0) is 6.54 Å². The molecule has 0 spiro atoms. The van der Waals surface area contributed by atoms with Crippen LogP contribution in [0.4, 0.5) is 10.9 Å². The van der Waals surface area contributed by atoms with Gasteiger partial charge >= 0.3 is 0 Å². The summed E-state index contributed by atoms with van der Waals surface area (Å²) in [5.41, 5.74) is 2.82. The first-order valence-electron chi connectivity index (χ1n) is 7.59. The minimum absolute atomic E-state index is 0.00935. The average Bonchev–Trinajstić information content (AvgIpc) is 3.19. The van der Waals surface area contributed by atoms with Gasteiger partial charge in [0.1, 0.15) is 0 Å². The number of halogens is 1. The van der Waals surface area contributed by atoms with E-state index in [2.05, 4.69) is 20.3 Å². The van der Waals surface area contributed by atoms with Crippen molar-refractivity contribution in [3.8, 4) is 5.88 Å². The number of benzene rings is 1. The van der Waals surface area contributed by atoms with Gasteiger partial charge in [-0.05, 0) is 29.8 Å². The second-order valence-corrected chi connectivity index (χ2v) is 6.82. The molecular weight excluding hydrogens is 356 g/mol. The molecule has 0 amide bonds. The summed E-state index contributed by atoms with van der Waals surface area (Å²) in [6.45, 7) is 0.539. The van der Waals surface area contributed by atoms with Crippen LogP contribution in [0.2, 0.25) is 5.02 Å². The van der Waals surface area contributed by atoms with Crippen molar-refractivity contribution < 1.29 is 5.11 Å². The number of aromatic hydroxyl groups is 1. The zero-order valence-electron chi connectivity index (χ0n) is 13.0. The number of rotatable bonds is 4. The Morgan fingerprint density at radius 2 is 2.08 bits per heavy atom. The fraction of sp³-hybridized carbons (Fsp3) is 0.0556. The summed E-state index contributed by atoms with van der Waals surface area (Å²) in [5.74, 6) is 0.680. The minimum atomic E-state index is -0.00935. The van der Waals surface area contributed by atoms with E-state index >= 15 is 0 Å². The number of nitrogens with zero attached hydrogens (tertiary/aromatic N) is 3. The smallest absolute Gasteiger partial charge is 0.231 e. The minimum Gasteiger partial charge on any atom is -0.492 e. The van der Waals surface area contributed by atoms with Crippen LogP contribution in [0.3, 0.4) is 0 Å². The highest BCUT2D eigenvalue weighted by Gasteiger charge is 2.15. The van der Waals surface area contributed by atoms with Crippen molar-refractivity contribution in [1.82, 2.24) is 9.97 Å². The number of fused-ring (bicyclic) bond motifs is 1. The predicted molar refractivity (Wildman–Crippen MR) is 103 cm³/mol. The highest BCUT2D eigenvalue weighted by Crippen LogP contribution is 2.35. The summed E-state index contributed by atoms with van der Waals surface area (Å²) in [6, 6.07) is 11.4. The summed E-state index contributed by atoms with van der Waals surface area (Å²) >= 11 is 7.52. The van der Waals surface area contributed by atoms with Crippen LogP contribution >= 0.6 is 22.9 Å². The third-order valence-corrected chi connectivity index (χ3v) is 5.05. The highest BCUT2D eigenvalue weighted by atomic mass is 35.5. The summed E-state index contributed by atoms with van der Waals surface area (Å²) in [6.07, 6.45) is 5.32. The second kappa shape index (κ2) is 6.66. The molecule has 0 bridgehead atoms. The Hall–Kier alpha value is -2.70. The molecule has 5 nitrogen and oxygen atoms in total. The van der Waals surface area contributed by atoms with E-state index in [9.17, 15) is 5.11 Å². The van der Waals surface area contributed by atoms with Gasteiger partial charge in [-0.1, -0.05) is 41.1 Å². The van der Waals surface area contributed by atoms with Crippen molar-refractivity contribution in [3.63, 3.8) is 0 Å². The van der Waals surface area contributed by atoms with Crippen LogP contribution in [0.1, 0.15) is 16.0 Å². The van der Waals surface area contributed by atoms with E-state index < -0.39 is 0 Å². The first-order chi connectivity index (χ1) is 12.2. The molecule has 1 aromatic carbocycles. The Morgan fingerprint density at radius 1 is 1.20 bits per heavy atom. The lowest BCUT2D eigenvalue weighted by molar-refractivity contribution is 0.456. The lowest BCUT2D eigenvalue weighted by Crippen LogP contribution is -1.99. The summed E-state index contributed by atoms with van der Waals surface area (Å²) in [7, 11) is 0. The average molecular weight is 369 g/mol. The molecule has 0 atom stereocenters. The van der Waals surface area contributed by atoms with Crippen LogP contribution in [0, 0.1) is 0 Å². The van der Waals surface area contributed by atoms with Crippen molar-refractivity contribution in [2.45, 2.75) is 6.54 Å². The van der Waals surface area contributed by atoms with Crippen LogP contribution < -0.4 is 5.32 Å². The monoisotopic (exact) mass is 368 g/mol. The van der Waals surface area contributed by atoms with E-state index in [0.29, 0.717) is 27.4 Å². The Labute approximate surface area is 153 Å². The van der Waals surface area contributed by atoms with Gasteiger partial charge in [0.2, 0.25) is 5.88 Å². The summed E-state index contributed by atoms with van der Waals surface area (Å²) in [5, 5.41) is 14.6. The van der Waals surface area contributed by atoms with Crippen molar-refractivity contribution in [1.29, 1.82) is 0 Å². The number of allylic oxidation sites excluding steroid dienone is 1. The number of hydrogen-bond donors (Lipinski definition) is 2. The molecule has 1 aliphatic heterocycles. The van der Waals surface area contributed by atoms with Crippen molar-refractivity contribution >= 4 is 51.8 Å². The van der Waals surface area contributed by atoms with Crippen LogP contribution in [0.5, 0.6) is 5.88 Å². The number of hydrogen-bond acceptors (Lipinski definition) is 6. The number of aromatic nitrogens is 2. The predicted octanol–water partition coefficient (Wildman–Crippen LogP) is 4.77. The molecule has 0 unspecified atom stereocenters. The van der Waals surface area contributed by atoms with Gasteiger partial charge in [0.05, 0.1) is 4.88 Å². The van der Waals surface area contributed by atoms with Gasteiger partial charge in [-0.3, -0.25) is 0 Å². The van der Waals surface area contributed by atoms with E-state index in [1.165, 1.54) is 11.3 Å². The molecule has 3 heterocycles. The Bertz CT molecular complexity index is 996. The standard InChI is InChI=1S/C18H13ClN4OS/c19-14-6-2-1-4-11(14)9-22-18-23-17(24)15(25-18)8-12-10-21-16-13(12)5-3-7-20-16/h1-8,10,24H,9H2,(H,22,23). The van der Waals surface area contributed by atoms with Crippen molar-refractivity contribution in [3.05, 3.63) is 63.6 Å². The molecule has 2 N–H and O–H groups in total. The van der Waals surface area contributed by atoms with E-state index in [-0.39, 0.29) is 5.88 Å². The maximum absolute atomic E-state index is 10.1. The fourth-order valence-electron chi connectivity index (χ4n) is 2.49. The maximum atomic E-state index is 10.1. The molecule has 0 aliphatic carbocycles. The Kier molecular flexibility index (Phi) is 4.21. The van der Waals surface area contributed by atoms with E-state index in [4.69, 9.17) is 11.6 Å².